The minimum absolute atomic E-state index is 0.0229. The van der Waals surface area contributed by atoms with E-state index in [1.165, 1.54) is 6.07 Å². The van der Waals surface area contributed by atoms with Crippen LogP contribution in [-0.2, 0) is 12.8 Å². The summed E-state index contributed by atoms with van der Waals surface area (Å²) in [5.74, 6) is 0.249. The van der Waals surface area contributed by atoms with E-state index >= 15 is 0 Å². The third-order valence-electron chi connectivity index (χ3n) is 3.96. The third-order valence-corrected chi connectivity index (χ3v) is 3.96. The van der Waals surface area contributed by atoms with Gasteiger partial charge in [0.1, 0.15) is 11.3 Å². The Bertz CT molecular complexity index is 789. The second-order valence-corrected chi connectivity index (χ2v) is 5.84. The van der Waals surface area contributed by atoms with E-state index in [0.29, 0.717) is 30.5 Å². The lowest BCUT2D eigenvalue weighted by Gasteiger charge is -2.16. The summed E-state index contributed by atoms with van der Waals surface area (Å²) >= 11 is 0. The van der Waals surface area contributed by atoms with Crippen LogP contribution in [0.2, 0.25) is 0 Å². The van der Waals surface area contributed by atoms with Gasteiger partial charge in [0, 0.05) is 30.1 Å². The zero-order valence-electron chi connectivity index (χ0n) is 12.8. The quantitative estimate of drug-likeness (QED) is 0.901. The Morgan fingerprint density at radius 2 is 2.22 bits per heavy atom. The second-order valence-electron chi connectivity index (χ2n) is 5.84. The second kappa shape index (κ2) is 6.24. The number of aromatic nitrogens is 1. The Labute approximate surface area is 132 Å². The fourth-order valence-electron chi connectivity index (χ4n) is 2.83. The summed E-state index contributed by atoms with van der Waals surface area (Å²) in [5.41, 5.74) is 0.609. The number of ketones is 1. The summed E-state index contributed by atoms with van der Waals surface area (Å²) in [4.78, 5) is 39.0. The number of aryl methyl sites for hydroxylation is 1. The van der Waals surface area contributed by atoms with Crippen LogP contribution in [0.1, 0.15) is 51.9 Å². The molecule has 23 heavy (non-hydrogen) atoms. The number of carbonyl (C=O) groups excluding carboxylic acids is 2. The molecule has 2 aromatic heterocycles. The number of furan rings is 1. The molecule has 0 bridgehead atoms. The van der Waals surface area contributed by atoms with Gasteiger partial charge in [-0.3, -0.25) is 14.4 Å². The van der Waals surface area contributed by atoms with E-state index in [4.69, 9.17) is 4.42 Å². The highest BCUT2D eigenvalue weighted by Crippen LogP contribution is 2.18. The maximum Gasteiger partial charge on any atom is 0.261 e. The molecule has 120 valence electrons. The van der Waals surface area contributed by atoms with Gasteiger partial charge in [-0.05, 0) is 38.0 Å². The lowest BCUT2D eigenvalue weighted by molar-refractivity contribution is 0.0937. The van der Waals surface area contributed by atoms with Gasteiger partial charge in [0.2, 0.25) is 0 Å². The van der Waals surface area contributed by atoms with Gasteiger partial charge in [0.05, 0.1) is 6.26 Å². The molecule has 0 saturated carbocycles. The highest BCUT2D eigenvalue weighted by molar-refractivity contribution is 6.01. The van der Waals surface area contributed by atoms with E-state index in [0.717, 1.165) is 12.2 Å². The Balaban J connectivity index is 1.78. The van der Waals surface area contributed by atoms with Crippen LogP contribution in [0.4, 0.5) is 0 Å². The minimum atomic E-state index is -0.480. The van der Waals surface area contributed by atoms with Gasteiger partial charge in [-0.2, -0.15) is 0 Å². The summed E-state index contributed by atoms with van der Waals surface area (Å²) in [6.07, 6.45) is 3.94. The lowest BCUT2D eigenvalue weighted by atomic mass is 9.93. The van der Waals surface area contributed by atoms with Gasteiger partial charge in [-0.25, -0.2) is 0 Å². The van der Waals surface area contributed by atoms with E-state index in [1.807, 2.05) is 13.0 Å². The van der Waals surface area contributed by atoms with Crippen molar-refractivity contribution in [3.63, 3.8) is 0 Å². The van der Waals surface area contributed by atoms with Crippen molar-refractivity contribution in [3.05, 3.63) is 57.4 Å². The molecule has 3 rings (SSSR count). The van der Waals surface area contributed by atoms with Crippen molar-refractivity contribution in [2.75, 3.05) is 0 Å². The van der Waals surface area contributed by atoms with E-state index in [1.54, 1.807) is 12.3 Å². The average Bonchev–Trinajstić information content (AvgIpc) is 2.99. The van der Waals surface area contributed by atoms with E-state index in [2.05, 4.69) is 10.3 Å². The van der Waals surface area contributed by atoms with Crippen LogP contribution >= 0.6 is 0 Å². The molecule has 0 saturated heterocycles. The van der Waals surface area contributed by atoms with E-state index < -0.39 is 11.5 Å². The van der Waals surface area contributed by atoms with Crippen LogP contribution in [-0.4, -0.2) is 22.7 Å². The highest BCUT2D eigenvalue weighted by Gasteiger charge is 2.22. The highest BCUT2D eigenvalue weighted by atomic mass is 16.3. The van der Waals surface area contributed by atoms with Crippen LogP contribution in [0.25, 0.3) is 0 Å². The number of hydrogen-bond donors (Lipinski definition) is 2. The first-order chi connectivity index (χ1) is 11.0. The van der Waals surface area contributed by atoms with Crippen LogP contribution < -0.4 is 10.9 Å². The fourth-order valence-corrected chi connectivity index (χ4v) is 2.83. The number of aromatic amines is 1. The normalized spacial score (nSPS) is 15.1. The maximum atomic E-state index is 12.3. The standard InChI is InChI=1S/C17H18N2O4/c1-10(8-11-4-3-7-23-11)18-16(21)13-9-12-14(19-17(13)22)5-2-6-15(12)20/h3-4,7,9-10H,2,5-6,8H2,1H3,(H,18,21)(H,19,22)/t10-/m0/s1. The monoisotopic (exact) mass is 314 g/mol. The van der Waals surface area contributed by atoms with Crippen molar-refractivity contribution in [1.29, 1.82) is 0 Å². The number of nitrogens with one attached hydrogen (secondary N) is 2. The maximum absolute atomic E-state index is 12.3. The van der Waals surface area contributed by atoms with Crippen molar-refractivity contribution < 1.29 is 14.0 Å². The molecule has 6 heteroatoms. The molecule has 0 spiro atoms. The molecular weight excluding hydrogens is 296 g/mol. The number of hydrogen-bond acceptors (Lipinski definition) is 4. The van der Waals surface area contributed by atoms with Gasteiger partial charge in [0.25, 0.3) is 11.5 Å². The third kappa shape index (κ3) is 3.26. The van der Waals surface area contributed by atoms with Crippen LogP contribution in [0, 0.1) is 0 Å². The molecule has 0 aromatic carbocycles. The molecule has 2 aromatic rings. The van der Waals surface area contributed by atoms with Gasteiger partial charge in [-0.15, -0.1) is 0 Å². The minimum Gasteiger partial charge on any atom is -0.469 e. The average molecular weight is 314 g/mol. The van der Waals surface area contributed by atoms with Crippen LogP contribution in [0.5, 0.6) is 0 Å². The SMILES string of the molecule is C[C@@H](Cc1ccco1)NC(=O)c1cc2c([nH]c1=O)CCCC2=O. The van der Waals surface area contributed by atoms with Gasteiger partial charge in [0.15, 0.2) is 5.78 Å². The smallest absolute Gasteiger partial charge is 0.261 e. The molecule has 0 aliphatic heterocycles. The first-order valence-corrected chi connectivity index (χ1v) is 7.67. The molecule has 0 radical (unpaired) electrons. The zero-order valence-corrected chi connectivity index (χ0v) is 12.8. The Morgan fingerprint density at radius 1 is 1.39 bits per heavy atom. The Morgan fingerprint density at radius 3 is 2.96 bits per heavy atom. The molecule has 1 aliphatic carbocycles. The van der Waals surface area contributed by atoms with Crippen molar-refractivity contribution >= 4 is 11.7 Å². The number of Topliss-reactive ketones (excluding diaryl/α,β-unsaturated/α-hetero) is 1. The molecule has 1 amide bonds. The number of fused-ring (bicyclic) bond motifs is 1. The molecule has 2 N–H and O–H groups in total. The first kappa shape index (κ1) is 15.3. The number of rotatable bonds is 4. The van der Waals surface area contributed by atoms with Crippen molar-refractivity contribution in [1.82, 2.24) is 10.3 Å². The summed E-state index contributed by atoms with van der Waals surface area (Å²) in [7, 11) is 0. The number of H-pyrrole nitrogens is 1. The molecular formula is C17H18N2O4. The summed E-state index contributed by atoms with van der Waals surface area (Å²) < 4.78 is 5.24. The van der Waals surface area contributed by atoms with Crippen molar-refractivity contribution in [2.24, 2.45) is 0 Å². The van der Waals surface area contributed by atoms with Crippen molar-refractivity contribution in [2.45, 2.75) is 38.6 Å². The summed E-state index contributed by atoms with van der Waals surface area (Å²) in [5, 5.41) is 2.77. The van der Waals surface area contributed by atoms with Gasteiger partial charge >= 0.3 is 0 Å². The van der Waals surface area contributed by atoms with Crippen LogP contribution in [0.15, 0.2) is 33.7 Å². The van der Waals surface area contributed by atoms with E-state index in [-0.39, 0.29) is 17.4 Å². The molecule has 6 nitrogen and oxygen atoms in total. The number of carbonyl (C=O) groups is 2. The van der Waals surface area contributed by atoms with E-state index in [9.17, 15) is 14.4 Å². The fraction of sp³-hybridized carbons (Fsp3) is 0.353. The predicted molar refractivity (Wildman–Crippen MR) is 83.7 cm³/mol. The molecule has 1 atom stereocenters. The topological polar surface area (TPSA) is 92.2 Å². The Hall–Kier alpha value is -2.63. The zero-order chi connectivity index (χ0) is 16.4. The number of amides is 1. The van der Waals surface area contributed by atoms with Crippen molar-refractivity contribution in [3.8, 4) is 0 Å². The Kier molecular flexibility index (Phi) is 4.14. The summed E-state index contributed by atoms with van der Waals surface area (Å²) in [6, 6.07) is 4.83. The first-order valence-electron chi connectivity index (χ1n) is 7.67. The lowest BCUT2D eigenvalue weighted by Crippen LogP contribution is -2.37. The van der Waals surface area contributed by atoms with Gasteiger partial charge in [-0.1, -0.05) is 0 Å². The van der Waals surface area contributed by atoms with Gasteiger partial charge < -0.3 is 14.7 Å². The number of pyridine rings is 1. The van der Waals surface area contributed by atoms with Crippen LogP contribution in [0.3, 0.4) is 0 Å². The molecule has 1 aliphatic rings. The largest absolute Gasteiger partial charge is 0.469 e. The molecule has 2 heterocycles. The summed E-state index contributed by atoms with van der Waals surface area (Å²) in [6.45, 7) is 1.83. The predicted octanol–water partition coefficient (Wildman–Crippen LogP) is 1.85. The molecule has 0 unspecified atom stereocenters. The molecule has 0 fully saturated rings.